The summed E-state index contributed by atoms with van der Waals surface area (Å²) < 4.78 is 18.9. The normalized spacial score (nSPS) is 11.1. The highest BCUT2D eigenvalue weighted by molar-refractivity contribution is 6.44. The Morgan fingerprint density at radius 2 is 1.59 bits per heavy atom. The summed E-state index contributed by atoms with van der Waals surface area (Å²) in [6, 6.07) is 12.3. The van der Waals surface area contributed by atoms with Gasteiger partial charge in [-0.1, -0.05) is 25.5 Å². The Kier molecular flexibility index (Phi) is 9.36. The van der Waals surface area contributed by atoms with Gasteiger partial charge in [0.25, 0.3) is 0 Å². The lowest BCUT2D eigenvalue weighted by Gasteiger charge is -2.24. The van der Waals surface area contributed by atoms with Crippen LogP contribution in [0.4, 0.5) is 5.69 Å². The monoisotopic (exact) mass is 505 g/mol. The first-order chi connectivity index (χ1) is 16.5. The molecule has 0 atom stereocenters. The van der Waals surface area contributed by atoms with Crippen molar-refractivity contribution >= 4 is 28.9 Å². The van der Waals surface area contributed by atoms with E-state index in [0.717, 1.165) is 54.1 Å². The van der Waals surface area contributed by atoms with E-state index in [1.807, 2.05) is 18.5 Å². The van der Waals surface area contributed by atoms with Gasteiger partial charge in [0, 0.05) is 36.4 Å². The molecule has 0 bridgehead atoms. The van der Waals surface area contributed by atoms with Gasteiger partial charge in [0.1, 0.15) is 4.84 Å². The number of hydrogen-bond acceptors (Lipinski definition) is 5. The topological polar surface area (TPSA) is 48.8 Å². The van der Waals surface area contributed by atoms with E-state index >= 15 is 0 Å². The molecule has 0 radical (unpaired) electrons. The summed E-state index contributed by atoms with van der Waals surface area (Å²) in [6.07, 6.45) is 4.06. The molecule has 0 spiro atoms. The number of alkyl halides is 2. The largest absolute Gasteiger partial charge is 0.493 e. The average Bonchev–Trinajstić information content (AvgIpc) is 3.28. The molecule has 1 aromatic heterocycles. The highest BCUT2D eigenvalue weighted by atomic mass is 35.5. The Labute approximate surface area is 212 Å². The van der Waals surface area contributed by atoms with E-state index in [1.165, 1.54) is 0 Å². The molecule has 0 amide bonds. The van der Waals surface area contributed by atoms with Crippen molar-refractivity contribution in [1.82, 2.24) is 9.55 Å². The Balaban J connectivity index is 2.10. The van der Waals surface area contributed by atoms with Crippen LogP contribution in [0.3, 0.4) is 0 Å². The van der Waals surface area contributed by atoms with Crippen LogP contribution in [0.25, 0.3) is 22.5 Å². The lowest BCUT2D eigenvalue weighted by atomic mass is 10.0. The summed E-state index contributed by atoms with van der Waals surface area (Å²) >= 11 is 12.1. The third-order valence-electron chi connectivity index (χ3n) is 5.77. The van der Waals surface area contributed by atoms with Gasteiger partial charge in [-0.25, -0.2) is 4.98 Å². The Morgan fingerprint density at radius 3 is 2.09 bits per heavy atom. The number of ether oxygens (including phenoxy) is 3. The summed E-state index contributed by atoms with van der Waals surface area (Å²) in [6.45, 7) is 6.55. The highest BCUT2D eigenvalue weighted by Crippen LogP contribution is 2.43. The second-order valence-corrected chi connectivity index (χ2v) is 9.16. The summed E-state index contributed by atoms with van der Waals surface area (Å²) in [5.41, 5.74) is 4.95. The van der Waals surface area contributed by atoms with E-state index in [9.17, 15) is 0 Å². The first-order valence-electron chi connectivity index (χ1n) is 11.5. The summed E-state index contributed by atoms with van der Waals surface area (Å²) in [7, 11) is 4.83. The van der Waals surface area contributed by atoms with Crippen molar-refractivity contribution in [3.8, 4) is 39.8 Å². The van der Waals surface area contributed by atoms with Crippen molar-refractivity contribution in [3.63, 3.8) is 0 Å². The minimum absolute atomic E-state index is 0.443. The third-order valence-corrected chi connectivity index (χ3v) is 6.05. The molecule has 3 aromatic rings. The van der Waals surface area contributed by atoms with Gasteiger partial charge in [-0.2, -0.15) is 0 Å². The van der Waals surface area contributed by atoms with Crippen LogP contribution in [0.2, 0.25) is 0 Å². The molecule has 0 saturated carbocycles. The van der Waals surface area contributed by atoms with Gasteiger partial charge < -0.3 is 23.7 Å². The second kappa shape index (κ2) is 12.2. The maximum atomic E-state index is 6.03. The molecule has 0 saturated heterocycles. The van der Waals surface area contributed by atoms with E-state index < -0.39 is 4.84 Å². The number of anilines is 1. The van der Waals surface area contributed by atoms with E-state index in [1.54, 1.807) is 21.3 Å². The van der Waals surface area contributed by atoms with Gasteiger partial charge in [0.15, 0.2) is 11.5 Å². The van der Waals surface area contributed by atoms with Crippen LogP contribution in [0, 0.1) is 0 Å². The van der Waals surface area contributed by atoms with Gasteiger partial charge >= 0.3 is 0 Å². The highest BCUT2D eigenvalue weighted by Gasteiger charge is 2.20. The maximum Gasteiger partial charge on any atom is 0.203 e. The number of rotatable bonds is 12. The van der Waals surface area contributed by atoms with Gasteiger partial charge in [0.2, 0.25) is 5.75 Å². The first-order valence-corrected chi connectivity index (χ1v) is 12.3. The zero-order valence-electron chi connectivity index (χ0n) is 20.5. The molecule has 0 aliphatic heterocycles. The second-order valence-electron chi connectivity index (χ2n) is 7.88. The van der Waals surface area contributed by atoms with Crippen molar-refractivity contribution < 1.29 is 14.2 Å². The quantitative estimate of drug-likeness (QED) is 0.257. The Morgan fingerprint density at radius 1 is 0.941 bits per heavy atom. The average molecular weight is 506 g/mol. The predicted molar refractivity (Wildman–Crippen MR) is 141 cm³/mol. The number of benzene rings is 2. The molecular weight excluding hydrogens is 473 g/mol. The minimum Gasteiger partial charge on any atom is -0.493 e. The zero-order valence-corrected chi connectivity index (χ0v) is 22.0. The fourth-order valence-electron chi connectivity index (χ4n) is 4.03. The fraction of sp³-hybridized carbons (Fsp3) is 0.423. The smallest absolute Gasteiger partial charge is 0.203 e. The fourth-order valence-corrected chi connectivity index (χ4v) is 4.36. The molecule has 3 rings (SSSR count). The molecule has 184 valence electrons. The molecule has 0 N–H and O–H groups in total. The van der Waals surface area contributed by atoms with E-state index in [-0.39, 0.29) is 0 Å². The number of aryl methyl sites for hydroxylation is 1. The molecule has 0 unspecified atom stereocenters. The van der Waals surface area contributed by atoms with Gasteiger partial charge in [-0.05, 0) is 37.6 Å². The van der Waals surface area contributed by atoms with Crippen molar-refractivity contribution in [1.29, 1.82) is 0 Å². The van der Waals surface area contributed by atoms with Gasteiger partial charge in [-0.3, -0.25) is 0 Å². The SMILES string of the molecule is CCCCn1cnc(-c2cc(OC)c(OC)c(OC)c2)c1-c1ccc(N(CC)CC(Cl)Cl)cc1. The van der Waals surface area contributed by atoms with Crippen molar-refractivity contribution in [2.45, 2.75) is 38.1 Å². The number of hydrogen-bond donors (Lipinski definition) is 0. The Hall–Kier alpha value is -2.57. The molecule has 6 nitrogen and oxygen atoms in total. The molecule has 34 heavy (non-hydrogen) atoms. The van der Waals surface area contributed by atoms with Crippen LogP contribution in [0.1, 0.15) is 26.7 Å². The number of aromatic nitrogens is 2. The van der Waals surface area contributed by atoms with Crippen LogP contribution >= 0.6 is 23.2 Å². The third kappa shape index (κ3) is 5.73. The van der Waals surface area contributed by atoms with Crippen LogP contribution in [0.5, 0.6) is 17.2 Å². The lowest BCUT2D eigenvalue weighted by molar-refractivity contribution is 0.324. The number of nitrogens with zero attached hydrogens (tertiary/aromatic N) is 3. The van der Waals surface area contributed by atoms with E-state index in [0.29, 0.717) is 23.8 Å². The van der Waals surface area contributed by atoms with Crippen LogP contribution < -0.4 is 19.1 Å². The summed E-state index contributed by atoms with van der Waals surface area (Å²) in [4.78, 5) is 6.51. The minimum atomic E-state index is -0.443. The van der Waals surface area contributed by atoms with Crippen LogP contribution in [-0.4, -0.2) is 48.8 Å². The molecule has 0 aliphatic rings. The molecule has 1 heterocycles. The predicted octanol–water partition coefficient (Wildman–Crippen LogP) is 6.67. The van der Waals surface area contributed by atoms with Crippen LogP contribution in [-0.2, 0) is 6.54 Å². The Bertz CT molecular complexity index is 1040. The van der Waals surface area contributed by atoms with Crippen molar-refractivity contribution in [2.75, 3.05) is 39.3 Å². The first kappa shape index (κ1) is 26.0. The number of unbranched alkanes of at least 4 members (excludes halogenated alkanes) is 1. The van der Waals surface area contributed by atoms with E-state index in [2.05, 4.69) is 47.6 Å². The molecule has 8 heteroatoms. The van der Waals surface area contributed by atoms with Gasteiger partial charge in [-0.15, -0.1) is 23.2 Å². The zero-order chi connectivity index (χ0) is 24.7. The molecule has 2 aromatic carbocycles. The summed E-state index contributed by atoms with van der Waals surface area (Å²) in [5.74, 6) is 1.75. The number of halogens is 2. The van der Waals surface area contributed by atoms with Crippen molar-refractivity contribution in [2.24, 2.45) is 0 Å². The lowest BCUT2D eigenvalue weighted by Crippen LogP contribution is -2.27. The summed E-state index contributed by atoms with van der Waals surface area (Å²) in [5, 5.41) is 0. The molecular formula is C26H33Cl2N3O3. The van der Waals surface area contributed by atoms with Crippen LogP contribution in [0.15, 0.2) is 42.7 Å². The number of imidazole rings is 1. The molecule has 0 fully saturated rings. The van der Waals surface area contributed by atoms with Crippen molar-refractivity contribution in [3.05, 3.63) is 42.7 Å². The maximum absolute atomic E-state index is 6.03. The number of methoxy groups -OCH3 is 3. The van der Waals surface area contributed by atoms with E-state index in [4.69, 9.17) is 42.4 Å². The molecule has 0 aliphatic carbocycles. The standard InChI is InChI=1S/C26H33Cl2N3O3/c1-6-8-13-31-17-29-24(19-14-21(32-3)26(34-5)22(15-19)33-4)25(31)18-9-11-20(12-10-18)30(7-2)16-23(27)28/h9-12,14-15,17,23H,6-8,13,16H2,1-5H3. The van der Waals surface area contributed by atoms with Gasteiger partial charge in [0.05, 0.1) is 39.0 Å².